The van der Waals surface area contributed by atoms with Crippen LogP contribution in [0.15, 0.2) is 35.5 Å². The van der Waals surface area contributed by atoms with Crippen molar-refractivity contribution in [1.82, 2.24) is 0 Å². The summed E-state index contributed by atoms with van der Waals surface area (Å²) in [4.78, 5) is 0. The van der Waals surface area contributed by atoms with Crippen LogP contribution in [-0.4, -0.2) is 34.5 Å². The highest BCUT2D eigenvalue weighted by Crippen LogP contribution is 2.60. The van der Waals surface area contributed by atoms with E-state index in [1.807, 2.05) is 19.9 Å². The first-order chi connectivity index (χ1) is 16.8. The summed E-state index contributed by atoms with van der Waals surface area (Å²) in [7, 11) is 0. The summed E-state index contributed by atoms with van der Waals surface area (Å²) >= 11 is 0. The molecule has 0 amide bonds. The van der Waals surface area contributed by atoms with Crippen molar-refractivity contribution >= 4 is 0 Å². The average Bonchev–Trinajstić information content (AvgIpc) is 3.14. The number of fused-ring (bicyclic) bond motifs is 1. The normalized spacial score (nSPS) is 50.5. The predicted molar refractivity (Wildman–Crippen MR) is 124 cm³/mol. The van der Waals surface area contributed by atoms with Crippen molar-refractivity contribution < 1.29 is 23.5 Å². The Morgan fingerprint density at radius 3 is 2.87 bits per heavy atom. The van der Waals surface area contributed by atoms with Crippen molar-refractivity contribution in [2.45, 2.75) is 110 Å². The standard InChI is InChI=1S/C27H44O3/c1-18(8-6-14-26(3,4)30)23-12-13-24-20(9-7-15-27(23,24)5)10-11-21-16-22(28)17-25(29)19(21)2/h10-11,18,22-25,28-30H,2,6-9,12-17H2,1,3-5H3/b20-10?,21-11-/t18-,22-,23-,24?,25?,27-/m1/s1/i16D2,17D2,22D,25D,28D. The summed E-state index contributed by atoms with van der Waals surface area (Å²) in [6.45, 7) is 12.0. The summed E-state index contributed by atoms with van der Waals surface area (Å²) in [5, 5.41) is 25.0. The Bertz CT molecular complexity index is 952. The molecule has 3 heteroatoms. The van der Waals surface area contributed by atoms with Gasteiger partial charge in [0, 0.05) is 11.9 Å². The van der Waals surface area contributed by atoms with E-state index >= 15 is 0 Å². The Morgan fingerprint density at radius 1 is 1.40 bits per heavy atom. The van der Waals surface area contributed by atoms with Crippen LogP contribution in [0.25, 0.3) is 0 Å². The van der Waals surface area contributed by atoms with Crippen LogP contribution in [0.4, 0.5) is 0 Å². The molecule has 0 bridgehead atoms. The minimum Gasteiger partial charge on any atom is -0.393 e. The van der Waals surface area contributed by atoms with Gasteiger partial charge in [0.1, 0.15) is 0 Å². The van der Waals surface area contributed by atoms with Crippen molar-refractivity contribution in [3.63, 3.8) is 0 Å². The second-order valence-electron chi connectivity index (χ2n) is 10.5. The topological polar surface area (TPSA) is 60.7 Å². The van der Waals surface area contributed by atoms with Crippen molar-refractivity contribution in [3.05, 3.63) is 35.5 Å². The number of hydrogen-bond acceptors (Lipinski definition) is 3. The van der Waals surface area contributed by atoms with Crippen LogP contribution in [0.2, 0.25) is 0 Å². The Hall–Kier alpha value is -0.900. The van der Waals surface area contributed by atoms with Gasteiger partial charge in [0.05, 0.1) is 20.5 Å². The van der Waals surface area contributed by atoms with Gasteiger partial charge in [-0.2, -0.15) is 0 Å². The minimum atomic E-state index is -3.24. The Morgan fingerprint density at radius 2 is 2.17 bits per heavy atom. The van der Waals surface area contributed by atoms with Gasteiger partial charge in [-0.3, -0.25) is 0 Å². The SMILES string of the molecule is [2H]O[C@]1([2H])C([2H])([2H])/C(=C/C=C2CCC[C@@]3(C)C2CC[C@@H]3[C@H](C)CCCC(C)(C)O)C(=C)C([2H])(O)C1([2H])[2H]. The first-order valence-electron chi connectivity index (χ1n) is 14.9. The van der Waals surface area contributed by atoms with Crippen LogP contribution in [-0.2, 0) is 0 Å². The van der Waals surface area contributed by atoms with E-state index < -0.39 is 36.1 Å². The molecular weight excluding hydrogens is 372 g/mol. The summed E-state index contributed by atoms with van der Waals surface area (Å²) in [6, 6.07) is 0. The summed E-state index contributed by atoms with van der Waals surface area (Å²) < 4.78 is 57.0. The zero-order valence-corrected chi connectivity index (χ0v) is 19.1. The van der Waals surface area contributed by atoms with Gasteiger partial charge in [-0.25, -0.2) is 0 Å². The van der Waals surface area contributed by atoms with Gasteiger partial charge in [-0.15, -0.1) is 0 Å². The molecule has 30 heavy (non-hydrogen) atoms. The molecule has 6 atom stereocenters. The molecular formula is C27H44O3. The van der Waals surface area contributed by atoms with E-state index in [0.29, 0.717) is 17.8 Å². The van der Waals surface area contributed by atoms with Gasteiger partial charge in [-0.05, 0) is 93.1 Å². The van der Waals surface area contributed by atoms with Gasteiger partial charge in [0.2, 0.25) is 1.43 Å². The summed E-state index contributed by atoms with van der Waals surface area (Å²) in [5.74, 6) is 1.35. The maximum atomic E-state index is 10.7. The molecule has 0 aromatic carbocycles. The smallest absolute Gasteiger partial charge is 0.210 e. The molecule has 0 aromatic heterocycles. The zero-order valence-electron chi connectivity index (χ0n) is 26.1. The molecule has 0 saturated heterocycles. The Kier molecular flexibility index (Phi) is 4.91. The minimum absolute atomic E-state index is 0.0937. The molecule has 0 aliphatic heterocycles. The molecule has 3 nitrogen and oxygen atoms in total. The predicted octanol–water partition coefficient (Wildman–Crippen LogP) is 5.70. The summed E-state index contributed by atoms with van der Waals surface area (Å²) in [5.41, 5.74) is -0.174. The van der Waals surface area contributed by atoms with Crippen molar-refractivity contribution in [3.8, 4) is 0 Å². The first-order valence-corrected chi connectivity index (χ1v) is 11.5. The number of allylic oxidation sites excluding steroid dienone is 3. The van der Waals surface area contributed by atoms with Crippen LogP contribution >= 0.6 is 0 Å². The largest absolute Gasteiger partial charge is 0.393 e. The molecule has 3 fully saturated rings. The molecule has 3 aliphatic rings. The molecule has 3 saturated carbocycles. The highest BCUT2D eigenvalue weighted by Gasteiger charge is 2.50. The fourth-order valence-corrected chi connectivity index (χ4v) is 6.14. The lowest BCUT2D eigenvalue weighted by Crippen LogP contribution is -2.36. The quantitative estimate of drug-likeness (QED) is 0.492. The third-order valence-electron chi connectivity index (χ3n) is 7.73. The van der Waals surface area contributed by atoms with Crippen LogP contribution in [0.5, 0.6) is 0 Å². The molecule has 3 rings (SSSR count). The molecule has 0 aromatic rings. The fraction of sp³-hybridized carbons (Fsp3) is 0.778. The van der Waals surface area contributed by atoms with E-state index in [1.54, 1.807) is 0 Å². The molecule has 3 aliphatic carbocycles. The molecule has 3 N–H and O–H groups in total. The Balaban J connectivity index is 1.91. The van der Waals surface area contributed by atoms with Gasteiger partial charge in [0.25, 0.3) is 0 Å². The second kappa shape index (κ2) is 9.30. The third kappa shape index (κ3) is 5.29. The first kappa shape index (κ1) is 15.8. The molecule has 2 unspecified atom stereocenters. The number of rotatable bonds is 7. The maximum absolute atomic E-state index is 10.7. The number of aliphatic hydroxyl groups is 3. The molecule has 170 valence electrons. The van der Waals surface area contributed by atoms with Crippen LogP contribution in [0.1, 0.15) is 100 Å². The van der Waals surface area contributed by atoms with Gasteiger partial charge in [0.15, 0.2) is 0 Å². The van der Waals surface area contributed by atoms with E-state index in [9.17, 15) is 10.2 Å². The van der Waals surface area contributed by atoms with Crippen molar-refractivity contribution in [1.29, 1.82) is 1.43 Å². The summed E-state index contributed by atoms with van der Waals surface area (Å²) in [6.07, 6.45) is -1.19. The van der Waals surface area contributed by atoms with Gasteiger partial charge < -0.3 is 15.3 Å². The highest BCUT2D eigenvalue weighted by atomic mass is 16.3. The third-order valence-corrected chi connectivity index (χ3v) is 7.73. The van der Waals surface area contributed by atoms with E-state index in [2.05, 4.69) is 25.5 Å². The molecule has 0 heterocycles. The van der Waals surface area contributed by atoms with E-state index in [4.69, 9.17) is 9.66 Å². The van der Waals surface area contributed by atoms with Gasteiger partial charge >= 0.3 is 0 Å². The lowest BCUT2D eigenvalue weighted by molar-refractivity contribution is 0.0596. The van der Waals surface area contributed by atoms with Crippen molar-refractivity contribution in [2.24, 2.45) is 23.2 Å². The van der Waals surface area contributed by atoms with Crippen LogP contribution in [0.3, 0.4) is 0 Å². The Labute approximate surface area is 193 Å². The average molecular weight is 424 g/mol. The van der Waals surface area contributed by atoms with Gasteiger partial charge in [-0.1, -0.05) is 51.0 Å². The van der Waals surface area contributed by atoms with E-state index in [1.165, 1.54) is 6.08 Å². The zero-order chi connectivity index (χ0) is 28.2. The van der Waals surface area contributed by atoms with E-state index in [0.717, 1.165) is 56.9 Å². The van der Waals surface area contributed by atoms with Crippen LogP contribution < -0.4 is 0 Å². The fourth-order valence-electron chi connectivity index (χ4n) is 6.14. The van der Waals surface area contributed by atoms with E-state index in [-0.39, 0.29) is 11.0 Å². The maximum Gasteiger partial charge on any atom is 0.210 e. The van der Waals surface area contributed by atoms with Crippen LogP contribution in [0, 0.1) is 23.2 Å². The molecule has 0 spiro atoms. The highest BCUT2D eigenvalue weighted by molar-refractivity contribution is 5.38. The lowest BCUT2D eigenvalue weighted by Gasteiger charge is -2.44. The molecule has 0 radical (unpaired) electrons. The number of hydrogen-bond donors (Lipinski definition) is 3. The second-order valence-corrected chi connectivity index (χ2v) is 10.5. The van der Waals surface area contributed by atoms with Crippen molar-refractivity contribution in [2.75, 3.05) is 0 Å². The monoisotopic (exact) mass is 423 g/mol. The lowest BCUT2D eigenvalue weighted by atomic mass is 9.60.